The molecule has 3 nitrogen and oxygen atoms in total. The molecule has 2 N–H and O–H groups in total. The number of hydrogen-bond donors (Lipinski definition) is 2. The average Bonchev–Trinajstić information content (AvgIpc) is 3.04. The second kappa shape index (κ2) is 5.83. The lowest BCUT2D eigenvalue weighted by Crippen LogP contribution is -2.30. The summed E-state index contributed by atoms with van der Waals surface area (Å²) in [6.45, 7) is 0. The summed E-state index contributed by atoms with van der Waals surface area (Å²) in [5.74, 6) is -0.646. The summed E-state index contributed by atoms with van der Waals surface area (Å²) < 4.78 is 0. The molecule has 0 saturated carbocycles. The van der Waals surface area contributed by atoms with Crippen LogP contribution in [0.3, 0.4) is 0 Å². The highest BCUT2D eigenvalue weighted by Crippen LogP contribution is 2.52. The van der Waals surface area contributed by atoms with E-state index in [9.17, 15) is 9.90 Å². The van der Waals surface area contributed by atoms with Gasteiger partial charge in [-0.25, -0.2) is 4.79 Å². The molecule has 2 aliphatic rings. The first-order valence-electron chi connectivity index (χ1n) is 7.80. The SMILES string of the molecule is O=C(O)c1ccc(Cl)c2c1[C@H]1C=CC[C@H]1[C@@H](c1cccc(Cl)c1)N2. The zero-order valence-electron chi connectivity index (χ0n) is 12.7. The summed E-state index contributed by atoms with van der Waals surface area (Å²) in [7, 11) is 0. The highest BCUT2D eigenvalue weighted by molar-refractivity contribution is 6.33. The second-order valence-electron chi connectivity index (χ2n) is 6.22. The number of fused-ring (bicyclic) bond motifs is 3. The van der Waals surface area contributed by atoms with Gasteiger partial charge in [-0.05, 0) is 47.7 Å². The molecule has 0 bridgehead atoms. The fraction of sp³-hybridized carbons (Fsp3) is 0.211. The van der Waals surface area contributed by atoms with E-state index in [1.54, 1.807) is 12.1 Å². The topological polar surface area (TPSA) is 49.3 Å². The van der Waals surface area contributed by atoms with E-state index in [2.05, 4.69) is 17.5 Å². The maximum Gasteiger partial charge on any atom is 0.336 e. The number of nitrogens with one attached hydrogen (secondary N) is 1. The molecule has 122 valence electrons. The molecule has 1 aliphatic heterocycles. The minimum atomic E-state index is -0.926. The van der Waals surface area contributed by atoms with Crippen molar-refractivity contribution < 1.29 is 9.90 Å². The predicted octanol–water partition coefficient (Wildman–Crippen LogP) is 5.52. The first-order valence-corrected chi connectivity index (χ1v) is 8.56. The highest BCUT2D eigenvalue weighted by atomic mass is 35.5. The molecule has 0 unspecified atom stereocenters. The Bertz CT molecular complexity index is 862. The Morgan fingerprint density at radius 1 is 1.21 bits per heavy atom. The molecule has 5 heteroatoms. The minimum Gasteiger partial charge on any atom is -0.478 e. The standard InChI is InChI=1S/C19H15Cl2NO2/c20-11-4-1-3-10(9-11)17-13-6-2-5-12(13)16-14(19(23)24)7-8-15(21)18(16)22-17/h1-5,7-9,12-13,17,22H,6H2,(H,23,24)/t12-,13+,17+/m0/s1. The molecule has 0 radical (unpaired) electrons. The smallest absolute Gasteiger partial charge is 0.336 e. The summed E-state index contributed by atoms with van der Waals surface area (Å²) in [5, 5.41) is 14.3. The second-order valence-corrected chi connectivity index (χ2v) is 7.06. The van der Waals surface area contributed by atoms with Crippen LogP contribution < -0.4 is 5.32 Å². The van der Waals surface area contributed by atoms with Crippen molar-refractivity contribution in [2.24, 2.45) is 5.92 Å². The molecule has 1 aliphatic carbocycles. The van der Waals surface area contributed by atoms with Gasteiger partial charge in [-0.3, -0.25) is 0 Å². The Labute approximate surface area is 149 Å². The third-order valence-corrected chi connectivity index (χ3v) is 5.46. The van der Waals surface area contributed by atoms with Gasteiger partial charge in [-0.2, -0.15) is 0 Å². The molecular formula is C19H15Cl2NO2. The van der Waals surface area contributed by atoms with Crippen LogP contribution in [0.15, 0.2) is 48.6 Å². The van der Waals surface area contributed by atoms with Gasteiger partial charge in [0.15, 0.2) is 0 Å². The largest absolute Gasteiger partial charge is 0.478 e. The third-order valence-electron chi connectivity index (χ3n) is 4.91. The lowest BCUT2D eigenvalue weighted by atomic mass is 9.75. The summed E-state index contributed by atoms with van der Waals surface area (Å²) in [5.41, 5.74) is 2.90. The van der Waals surface area contributed by atoms with Crippen LogP contribution in [0.5, 0.6) is 0 Å². The van der Waals surface area contributed by atoms with Crippen LogP contribution in [0.1, 0.15) is 39.9 Å². The number of carbonyl (C=O) groups is 1. The third kappa shape index (κ3) is 2.40. The van der Waals surface area contributed by atoms with E-state index in [1.165, 1.54) is 0 Å². The molecule has 0 aromatic heterocycles. The van der Waals surface area contributed by atoms with Crippen molar-refractivity contribution in [1.29, 1.82) is 0 Å². The lowest BCUT2D eigenvalue weighted by Gasteiger charge is -2.38. The zero-order chi connectivity index (χ0) is 16.8. The number of halogens is 2. The van der Waals surface area contributed by atoms with Crippen LogP contribution in [0.2, 0.25) is 10.0 Å². The van der Waals surface area contributed by atoms with Crippen LogP contribution in [0.25, 0.3) is 0 Å². The van der Waals surface area contributed by atoms with Crippen LogP contribution in [0, 0.1) is 5.92 Å². The Morgan fingerprint density at radius 3 is 2.79 bits per heavy atom. The number of allylic oxidation sites excluding steroid dienone is 2. The predicted molar refractivity (Wildman–Crippen MR) is 96.2 cm³/mol. The highest BCUT2D eigenvalue weighted by Gasteiger charge is 2.40. The zero-order valence-corrected chi connectivity index (χ0v) is 14.2. The molecule has 24 heavy (non-hydrogen) atoms. The lowest BCUT2D eigenvalue weighted by molar-refractivity contribution is 0.0695. The van der Waals surface area contributed by atoms with E-state index in [4.69, 9.17) is 23.2 Å². The number of carboxylic acids is 1. The molecule has 0 saturated heterocycles. The summed E-state index contributed by atoms with van der Waals surface area (Å²) >= 11 is 12.5. The van der Waals surface area contributed by atoms with Gasteiger partial charge in [0, 0.05) is 10.9 Å². The van der Waals surface area contributed by atoms with Gasteiger partial charge < -0.3 is 10.4 Å². The maximum atomic E-state index is 11.7. The summed E-state index contributed by atoms with van der Waals surface area (Å²) in [6.07, 6.45) is 5.11. The fourth-order valence-electron chi connectivity index (χ4n) is 3.89. The molecule has 2 aromatic rings. The van der Waals surface area contributed by atoms with Crippen molar-refractivity contribution >= 4 is 34.9 Å². The normalized spacial score (nSPS) is 24.2. The Morgan fingerprint density at radius 2 is 2.04 bits per heavy atom. The molecular weight excluding hydrogens is 345 g/mol. The van der Waals surface area contributed by atoms with Crippen molar-refractivity contribution in [3.8, 4) is 0 Å². The summed E-state index contributed by atoms with van der Waals surface area (Å²) in [4.78, 5) is 11.7. The molecule has 0 fully saturated rings. The molecule has 1 heterocycles. The van der Waals surface area contributed by atoms with Crippen LogP contribution in [-0.2, 0) is 0 Å². The molecule has 4 rings (SSSR count). The van der Waals surface area contributed by atoms with Crippen molar-refractivity contribution in [1.82, 2.24) is 0 Å². The van der Waals surface area contributed by atoms with Gasteiger partial charge in [0.1, 0.15) is 0 Å². The Hall–Kier alpha value is -1.97. The number of rotatable bonds is 2. The fourth-order valence-corrected chi connectivity index (χ4v) is 4.31. The van der Waals surface area contributed by atoms with Gasteiger partial charge in [0.05, 0.1) is 22.3 Å². The maximum absolute atomic E-state index is 11.7. The quantitative estimate of drug-likeness (QED) is 0.694. The van der Waals surface area contributed by atoms with Crippen molar-refractivity contribution in [2.45, 2.75) is 18.4 Å². The Kier molecular flexibility index (Phi) is 3.78. The van der Waals surface area contributed by atoms with E-state index in [1.807, 2.05) is 24.3 Å². The van der Waals surface area contributed by atoms with Gasteiger partial charge in [0.2, 0.25) is 0 Å². The van der Waals surface area contributed by atoms with Gasteiger partial charge >= 0.3 is 5.97 Å². The summed E-state index contributed by atoms with van der Waals surface area (Å²) in [6, 6.07) is 11.0. The first-order chi connectivity index (χ1) is 11.6. The number of carboxylic acid groups (broad SMARTS) is 1. The van der Waals surface area contributed by atoms with E-state index in [0.717, 1.165) is 17.5 Å². The number of aromatic carboxylic acids is 1. The van der Waals surface area contributed by atoms with Gasteiger partial charge in [-0.1, -0.05) is 47.5 Å². The average molecular weight is 360 g/mol. The van der Waals surface area contributed by atoms with Crippen LogP contribution in [-0.4, -0.2) is 11.1 Å². The van der Waals surface area contributed by atoms with Crippen LogP contribution >= 0.6 is 23.2 Å². The van der Waals surface area contributed by atoms with Crippen LogP contribution in [0.4, 0.5) is 5.69 Å². The molecule has 2 aromatic carbocycles. The van der Waals surface area contributed by atoms with Crippen molar-refractivity contribution in [3.63, 3.8) is 0 Å². The monoisotopic (exact) mass is 359 g/mol. The first kappa shape index (κ1) is 15.6. The van der Waals surface area contributed by atoms with E-state index < -0.39 is 5.97 Å². The minimum absolute atomic E-state index is 0.0371. The number of benzene rings is 2. The van der Waals surface area contributed by atoms with Crippen molar-refractivity contribution in [2.75, 3.05) is 5.32 Å². The number of hydrogen-bond acceptors (Lipinski definition) is 2. The van der Waals surface area contributed by atoms with Crippen molar-refractivity contribution in [3.05, 3.63) is 75.3 Å². The number of anilines is 1. The molecule has 0 amide bonds. The Balaban J connectivity index is 1.88. The van der Waals surface area contributed by atoms with E-state index in [-0.39, 0.29) is 17.9 Å². The van der Waals surface area contributed by atoms with Gasteiger partial charge in [0.25, 0.3) is 0 Å². The van der Waals surface area contributed by atoms with Gasteiger partial charge in [-0.15, -0.1) is 0 Å². The van der Waals surface area contributed by atoms with E-state index >= 15 is 0 Å². The molecule has 0 spiro atoms. The van der Waals surface area contributed by atoms with E-state index in [0.29, 0.717) is 21.3 Å². The molecule has 3 atom stereocenters.